The zero-order chi connectivity index (χ0) is 20.2. The summed E-state index contributed by atoms with van der Waals surface area (Å²) in [6.07, 6.45) is -0.313. The van der Waals surface area contributed by atoms with Crippen molar-refractivity contribution in [2.75, 3.05) is 44.2 Å². The molecule has 0 radical (unpaired) electrons. The number of carbonyl (C=O) groups excluding carboxylic acids is 2. The fourth-order valence-corrected chi connectivity index (χ4v) is 4.33. The molecule has 6 nitrogen and oxygen atoms in total. The van der Waals surface area contributed by atoms with Crippen molar-refractivity contribution in [3.63, 3.8) is 0 Å². The van der Waals surface area contributed by atoms with Crippen LogP contribution in [0.5, 0.6) is 0 Å². The minimum atomic E-state index is -0.313. The molecule has 29 heavy (non-hydrogen) atoms. The van der Waals surface area contributed by atoms with Crippen LogP contribution in [0.3, 0.4) is 0 Å². The maximum Gasteiger partial charge on any atom is 0.293 e. The van der Waals surface area contributed by atoms with Crippen LogP contribution in [0.15, 0.2) is 54.6 Å². The lowest BCUT2D eigenvalue weighted by Gasteiger charge is -2.40. The van der Waals surface area contributed by atoms with Gasteiger partial charge in [0.25, 0.3) is 12.4 Å². The molecule has 0 N–H and O–H groups in total. The van der Waals surface area contributed by atoms with Gasteiger partial charge in [-0.05, 0) is 36.4 Å². The summed E-state index contributed by atoms with van der Waals surface area (Å²) in [5, 5.41) is 0.597. The number of nitrogens with zero attached hydrogens (tertiary/aromatic N) is 3. The molecule has 2 aliphatic rings. The van der Waals surface area contributed by atoms with Crippen molar-refractivity contribution < 1.29 is 14.3 Å². The molecule has 2 saturated heterocycles. The van der Waals surface area contributed by atoms with Gasteiger partial charge in [-0.15, -0.1) is 0 Å². The SMILES string of the molecule is O=CO[C@H]1CN(C(=O)c2ccc(Cl)cc2)C[C@@H]1N1CCN(c2ccccc2)CC1. The predicted molar refractivity (Wildman–Crippen MR) is 112 cm³/mol. The number of rotatable bonds is 5. The molecule has 0 unspecified atom stereocenters. The van der Waals surface area contributed by atoms with Gasteiger partial charge in [0.05, 0.1) is 12.6 Å². The van der Waals surface area contributed by atoms with E-state index in [1.165, 1.54) is 5.69 Å². The summed E-state index contributed by atoms with van der Waals surface area (Å²) in [5.74, 6) is -0.0633. The maximum absolute atomic E-state index is 12.9. The van der Waals surface area contributed by atoms with Crippen LogP contribution in [0.1, 0.15) is 10.4 Å². The number of hydrogen-bond acceptors (Lipinski definition) is 5. The van der Waals surface area contributed by atoms with Crippen molar-refractivity contribution in [1.82, 2.24) is 9.80 Å². The Hall–Kier alpha value is -2.57. The summed E-state index contributed by atoms with van der Waals surface area (Å²) < 4.78 is 5.36. The first-order chi connectivity index (χ1) is 14.2. The average Bonchev–Trinajstić information content (AvgIpc) is 3.19. The van der Waals surface area contributed by atoms with Crippen molar-refractivity contribution in [3.05, 3.63) is 65.2 Å². The summed E-state index contributed by atoms with van der Waals surface area (Å²) in [6, 6.07) is 17.3. The molecule has 0 bridgehead atoms. The maximum atomic E-state index is 12.9. The van der Waals surface area contributed by atoms with E-state index >= 15 is 0 Å². The quantitative estimate of drug-likeness (QED) is 0.705. The lowest BCUT2D eigenvalue weighted by Crippen LogP contribution is -2.54. The van der Waals surface area contributed by atoms with Gasteiger partial charge < -0.3 is 14.5 Å². The van der Waals surface area contributed by atoms with E-state index in [4.69, 9.17) is 16.3 Å². The first-order valence-corrected chi connectivity index (χ1v) is 10.2. The van der Waals surface area contributed by atoms with Crippen molar-refractivity contribution in [2.45, 2.75) is 12.1 Å². The Morgan fingerprint density at radius 3 is 2.31 bits per heavy atom. The number of halogens is 1. The summed E-state index contributed by atoms with van der Waals surface area (Å²) >= 11 is 5.93. The summed E-state index contributed by atoms with van der Waals surface area (Å²) in [4.78, 5) is 30.4. The number of likely N-dealkylation sites (tertiary alicyclic amines) is 1. The van der Waals surface area contributed by atoms with E-state index in [9.17, 15) is 9.59 Å². The van der Waals surface area contributed by atoms with E-state index in [-0.39, 0.29) is 18.1 Å². The van der Waals surface area contributed by atoms with Gasteiger partial charge in [0.15, 0.2) is 0 Å². The molecule has 7 heteroatoms. The van der Waals surface area contributed by atoms with E-state index < -0.39 is 0 Å². The first kappa shape index (κ1) is 19.7. The molecule has 2 aromatic rings. The van der Waals surface area contributed by atoms with E-state index in [1.54, 1.807) is 29.2 Å². The Kier molecular flexibility index (Phi) is 6.02. The van der Waals surface area contributed by atoms with Crippen LogP contribution in [-0.2, 0) is 9.53 Å². The summed E-state index contributed by atoms with van der Waals surface area (Å²) in [7, 11) is 0. The topological polar surface area (TPSA) is 53.1 Å². The van der Waals surface area contributed by atoms with E-state index in [2.05, 4.69) is 21.9 Å². The average molecular weight is 414 g/mol. The summed E-state index contributed by atoms with van der Waals surface area (Å²) in [5.41, 5.74) is 1.81. The normalized spacial score (nSPS) is 22.5. The van der Waals surface area contributed by atoms with E-state index in [1.807, 2.05) is 18.2 Å². The van der Waals surface area contributed by atoms with Crippen LogP contribution in [0.4, 0.5) is 5.69 Å². The van der Waals surface area contributed by atoms with Crippen LogP contribution in [-0.4, -0.2) is 73.6 Å². The van der Waals surface area contributed by atoms with Gasteiger partial charge in [0.1, 0.15) is 6.10 Å². The van der Waals surface area contributed by atoms with E-state index in [0.717, 1.165) is 26.2 Å². The third-order valence-corrected chi connectivity index (χ3v) is 6.00. The molecule has 152 valence electrons. The minimum Gasteiger partial charge on any atom is -0.461 e. The zero-order valence-corrected chi connectivity index (χ0v) is 16.9. The number of carbonyl (C=O) groups is 2. The van der Waals surface area contributed by atoms with Gasteiger partial charge >= 0.3 is 0 Å². The van der Waals surface area contributed by atoms with Crippen molar-refractivity contribution in [2.24, 2.45) is 0 Å². The van der Waals surface area contributed by atoms with Crippen LogP contribution in [0, 0.1) is 0 Å². The second kappa shape index (κ2) is 8.84. The second-order valence-corrected chi connectivity index (χ2v) is 7.85. The Labute approximate surface area is 175 Å². The molecular formula is C22H24ClN3O3. The smallest absolute Gasteiger partial charge is 0.293 e. The van der Waals surface area contributed by atoms with Crippen LogP contribution in [0.2, 0.25) is 5.02 Å². The molecule has 2 fully saturated rings. The Bertz CT molecular complexity index is 838. The van der Waals surface area contributed by atoms with Gasteiger partial charge in [-0.2, -0.15) is 0 Å². The monoisotopic (exact) mass is 413 g/mol. The molecule has 2 atom stereocenters. The van der Waals surface area contributed by atoms with E-state index in [0.29, 0.717) is 30.1 Å². The Balaban J connectivity index is 1.42. The number of amides is 1. The number of benzene rings is 2. The van der Waals surface area contributed by atoms with Crippen molar-refractivity contribution >= 4 is 29.7 Å². The fraction of sp³-hybridized carbons (Fsp3) is 0.364. The highest BCUT2D eigenvalue weighted by Gasteiger charge is 2.41. The number of ether oxygens (including phenoxy) is 1. The molecular weight excluding hydrogens is 390 g/mol. The van der Waals surface area contributed by atoms with Gasteiger partial charge in [0.2, 0.25) is 0 Å². The third kappa shape index (κ3) is 4.38. The Morgan fingerprint density at radius 1 is 0.966 bits per heavy atom. The Morgan fingerprint density at radius 2 is 1.66 bits per heavy atom. The minimum absolute atomic E-state index is 0.00868. The molecule has 2 aromatic carbocycles. The molecule has 0 saturated carbocycles. The van der Waals surface area contributed by atoms with Crippen LogP contribution in [0.25, 0.3) is 0 Å². The highest BCUT2D eigenvalue weighted by atomic mass is 35.5. The lowest BCUT2D eigenvalue weighted by molar-refractivity contribution is -0.135. The van der Waals surface area contributed by atoms with Gasteiger partial charge in [-0.3, -0.25) is 14.5 Å². The molecule has 2 aliphatic heterocycles. The largest absolute Gasteiger partial charge is 0.461 e. The van der Waals surface area contributed by atoms with Crippen LogP contribution >= 0.6 is 11.6 Å². The highest BCUT2D eigenvalue weighted by Crippen LogP contribution is 2.24. The highest BCUT2D eigenvalue weighted by molar-refractivity contribution is 6.30. The number of anilines is 1. The lowest BCUT2D eigenvalue weighted by atomic mass is 10.1. The first-order valence-electron chi connectivity index (χ1n) is 9.83. The van der Waals surface area contributed by atoms with Gasteiger partial charge in [0, 0.05) is 49.0 Å². The van der Waals surface area contributed by atoms with Crippen LogP contribution < -0.4 is 4.90 Å². The number of para-hydroxylation sites is 1. The standard InChI is InChI=1S/C22H24ClN3O3/c23-18-8-6-17(7-9-18)22(28)26-14-20(21(15-26)29-16-27)25-12-10-24(11-13-25)19-4-2-1-3-5-19/h1-9,16,20-21H,10-15H2/t20-,21-/m0/s1. The van der Waals surface area contributed by atoms with Crippen molar-refractivity contribution in [3.8, 4) is 0 Å². The van der Waals surface area contributed by atoms with Gasteiger partial charge in [-0.1, -0.05) is 29.8 Å². The van der Waals surface area contributed by atoms with Crippen molar-refractivity contribution in [1.29, 1.82) is 0 Å². The second-order valence-electron chi connectivity index (χ2n) is 7.41. The third-order valence-electron chi connectivity index (χ3n) is 5.75. The predicted octanol–water partition coefficient (Wildman–Crippen LogP) is 2.53. The fourth-order valence-electron chi connectivity index (χ4n) is 4.20. The molecule has 0 aromatic heterocycles. The molecule has 1 amide bonds. The molecule has 0 aliphatic carbocycles. The number of hydrogen-bond donors (Lipinski definition) is 0. The summed E-state index contributed by atoms with van der Waals surface area (Å²) in [6.45, 7) is 4.98. The molecule has 0 spiro atoms. The zero-order valence-electron chi connectivity index (χ0n) is 16.1. The van der Waals surface area contributed by atoms with Gasteiger partial charge in [-0.25, -0.2) is 0 Å². The molecule has 4 rings (SSSR count). The molecule has 2 heterocycles. The number of piperazine rings is 1.